The van der Waals surface area contributed by atoms with Crippen LogP contribution in [0.5, 0.6) is 11.5 Å². The molecular formula is C19H18ClN3O3. The number of halogens is 1. The molecule has 0 fully saturated rings. The number of hydrogen-bond acceptors (Lipinski definition) is 5. The molecular weight excluding hydrogens is 354 g/mol. The summed E-state index contributed by atoms with van der Waals surface area (Å²) in [5.74, 6) is 2.77. The predicted octanol–water partition coefficient (Wildman–Crippen LogP) is 3.10. The van der Waals surface area contributed by atoms with Gasteiger partial charge >= 0.3 is 0 Å². The molecule has 0 aliphatic carbocycles. The highest BCUT2D eigenvalue weighted by molar-refractivity contribution is 6.32. The van der Waals surface area contributed by atoms with Crippen molar-refractivity contribution in [3.05, 3.63) is 52.5 Å². The summed E-state index contributed by atoms with van der Waals surface area (Å²) < 4.78 is 10.9. The monoisotopic (exact) mass is 371 g/mol. The number of nitrogens with zero attached hydrogens (tertiary/aromatic N) is 1. The Morgan fingerprint density at radius 3 is 2.85 bits per heavy atom. The molecule has 7 heteroatoms. The number of nitrogens with one attached hydrogen (secondary N) is 1. The largest absolute Gasteiger partial charge is 0.490 e. The normalized spacial score (nSPS) is 10.3. The molecule has 0 aliphatic rings. The molecule has 0 aromatic heterocycles. The molecule has 2 rings (SSSR count). The molecule has 0 spiro atoms. The van der Waals surface area contributed by atoms with E-state index in [9.17, 15) is 4.79 Å². The average molecular weight is 372 g/mol. The van der Waals surface area contributed by atoms with E-state index in [1.807, 2.05) is 6.92 Å². The fraction of sp³-hybridized carbons (Fsp3) is 0.158. The molecule has 0 heterocycles. The predicted molar refractivity (Wildman–Crippen MR) is 103 cm³/mol. The number of anilines is 1. The van der Waals surface area contributed by atoms with E-state index in [1.54, 1.807) is 36.4 Å². The van der Waals surface area contributed by atoms with Crippen LogP contribution in [-0.4, -0.2) is 25.3 Å². The van der Waals surface area contributed by atoms with Crippen molar-refractivity contribution < 1.29 is 14.3 Å². The number of hydrogen-bond donors (Lipinski definition) is 2. The summed E-state index contributed by atoms with van der Waals surface area (Å²) in [6.07, 6.45) is 6.64. The molecule has 0 atom stereocenters. The number of nitrogen functional groups attached to an aromatic ring is 1. The Kier molecular flexibility index (Phi) is 6.89. The molecule has 0 bridgehead atoms. The SMILES string of the molecule is C#CCOc1c(Cl)cc(/C=N\NC(=O)c2ccccc2N)cc1OCC. The Hall–Kier alpha value is -3.17. The van der Waals surface area contributed by atoms with Crippen LogP contribution in [0.25, 0.3) is 0 Å². The molecule has 2 aromatic carbocycles. The van der Waals surface area contributed by atoms with Crippen molar-refractivity contribution in [2.24, 2.45) is 5.10 Å². The van der Waals surface area contributed by atoms with Gasteiger partial charge in [-0.3, -0.25) is 4.79 Å². The van der Waals surface area contributed by atoms with E-state index in [2.05, 4.69) is 16.4 Å². The lowest BCUT2D eigenvalue weighted by Crippen LogP contribution is -2.19. The third-order valence-corrected chi connectivity index (χ3v) is 3.50. The lowest BCUT2D eigenvalue weighted by molar-refractivity contribution is 0.0956. The number of rotatable bonds is 7. The maximum atomic E-state index is 12.1. The zero-order valence-electron chi connectivity index (χ0n) is 14.2. The van der Waals surface area contributed by atoms with Gasteiger partial charge in [-0.05, 0) is 36.8 Å². The van der Waals surface area contributed by atoms with Crippen molar-refractivity contribution in [2.45, 2.75) is 6.92 Å². The minimum atomic E-state index is -0.413. The first-order valence-corrected chi connectivity index (χ1v) is 8.15. The summed E-state index contributed by atoms with van der Waals surface area (Å²) in [6.45, 7) is 2.33. The fourth-order valence-corrected chi connectivity index (χ4v) is 2.38. The van der Waals surface area contributed by atoms with Gasteiger partial charge < -0.3 is 15.2 Å². The Labute approximate surface area is 156 Å². The van der Waals surface area contributed by atoms with E-state index >= 15 is 0 Å². The van der Waals surface area contributed by atoms with Crippen LogP contribution < -0.4 is 20.6 Å². The second-order valence-electron chi connectivity index (χ2n) is 5.04. The number of para-hydroxylation sites is 1. The summed E-state index contributed by atoms with van der Waals surface area (Å²) in [6, 6.07) is 10.0. The quantitative estimate of drug-likeness (QED) is 0.339. The van der Waals surface area contributed by atoms with Crippen LogP contribution in [-0.2, 0) is 0 Å². The topological polar surface area (TPSA) is 85.9 Å². The average Bonchev–Trinajstić information content (AvgIpc) is 2.61. The molecule has 6 nitrogen and oxygen atoms in total. The summed E-state index contributed by atoms with van der Waals surface area (Å²) in [4.78, 5) is 12.1. The first-order valence-electron chi connectivity index (χ1n) is 7.77. The van der Waals surface area contributed by atoms with Gasteiger partial charge in [0.1, 0.15) is 6.61 Å². The second kappa shape index (κ2) is 9.35. The highest BCUT2D eigenvalue weighted by atomic mass is 35.5. The smallest absolute Gasteiger partial charge is 0.273 e. The summed E-state index contributed by atoms with van der Waals surface area (Å²) in [7, 11) is 0. The summed E-state index contributed by atoms with van der Waals surface area (Å²) in [5.41, 5.74) is 9.51. The Morgan fingerprint density at radius 2 is 2.15 bits per heavy atom. The van der Waals surface area contributed by atoms with Crippen LogP contribution in [0, 0.1) is 12.3 Å². The molecule has 0 saturated carbocycles. The van der Waals surface area contributed by atoms with Crippen LogP contribution in [0.3, 0.4) is 0 Å². The van der Waals surface area contributed by atoms with E-state index in [-0.39, 0.29) is 6.61 Å². The van der Waals surface area contributed by atoms with Gasteiger partial charge in [-0.1, -0.05) is 29.7 Å². The lowest BCUT2D eigenvalue weighted by Gasteiger charge is -2.12. The van der Waals surface area contributed by atoms with Crippen molar-refractivity contribution in [2.75, 3.05) is 18.9 Å². The fourth-order valence-electron chi connectivity index (χ4n) is 2.11. The number of carbonyl (C=O) groups excluding carboxylic acids is 1. The van der Waals surface area contributed by atoms with Gasteiger partial charge in [-0.15, -0.1) is 6.42 Å². The molecule has 0 aliphatic heterocycles. The molecule has 0 radical (unpaired) electrons. The zero-order valence-corrected chi connectivity index (χ0v) is 14.9. The van der Waals surface area contributed by atoms with Gasteiger partial charge in [0.05, 0.1) is 23.4 Å². The first-order chi connectivity index (χ1) is 12.6. The summed E-state index contributed by atoms with van der Waals surface area (Å²) >= 11 is 6.23. The zero-order chi connectivity index (χ0) is 18.9. The van der Waals surface area contributed by atoms with Gasteiger partial charge in [-0.25, -0.2) is 5.43 Å². The molecule has 0 saturated heterocycles. The molecule has 1 amide bonds. The van der Waals surface area contributed by atoms with Crippen molar-refractivity contribution in [3.63, 3.8) is 0 Å². The lowest BCUT2D eigenvalue weighted by atomic mass is 10.2. The van der Waals surface area contributed by atoms with Crippen LogP contribution in [0.4, 0.5) is 5.69 Å². The van der Waals surface area contributed by atoms with E-state index < -0.39 is 5.91 Å². The van der Waals surface area contributed by atoms with Gasteiger partial charge in [0.15, 0.2) is 11.5 Å². The number of hydrazone groups is 1. The number of nitrogens with two attached hydrogens (primary N) is 1. The highest BCUT2D eigenvalue weighted by Crippen LogP contribution is 2.36. The number of carbonyl (C=O) groups is 1. The Morgan fingerprint density at radius 1 is 1.38 bits per heavy atom. The van der Waals surface area contributed by atoms with E-state index in [4.69, 9.17) is 33.2 Å². The molecule has 2 aromatic rings. The van der Waals surface area contributed by atoms with Crippen LogP contribution >= 0.6 is 11.6 Å². The minimum absolute atomic E-state index is 0.0712. The Balaban J connectivity index is 2.16. The number of ether oxygens (including phenoxy) is 2. The first kappa shape index (κ1) is 19.2. The van der Waals surface area contributed by atoms with Crippen LogP contribution in [0.2, 0.25) is 5.02 Å². The minimum Gasteiger partial charge on any atom is -0.490 e. The van der Waals surface area contributed by atoms with Crippen LogP contribution in [0.15, 0.2) is 41.5 Å². The van der Waals surface area contributed by atoms with Gasteiger partial charge in [0.25, 0.3) is 5.91 Å². The number of benzene rings is 2. The maximum Gasteiger partial charge on any atom is 0.273 e. The third-order valence-electron chi connectivity index (χ3n) is 3.22. The molecule has 0 unspecified atom stereocenters. The molecule has 26 heavy (non-hydrogen) atoms. The third kappa shape index (κ3) is 4.91. The highest BCUT2D eigenvalue weighted by Gasteiger charge is 2.12. The van der Waals surface area contributed by atoms with Crippen molar-refractivity contribution in [3.8, 4) is 23.8 Å². The van der Waals surface area contributed by atoms with Crippen molar-refractivity contribution in [1.82, 2.24) is 5.43 Å². The second-order valence-corrected chi connectivity index (χ2v) is 5.45. The number of amides is 1. The van der Waals surface area contributed by atoms with E-state index in [0.717, 1.165) is 0 Å². The van der Waals surface area contributed by atoms with Gasteiger partial charge in [-0.2, -0.15) is 5.10 Å². The van der Waals surface area contributed by atoms with Crippen LogP contribution in [0.1, 0.15) is 22.8 Å². The molecule has 134 valence electrons. The Bertz CT molecular complexity index is 860. The van der Waals surface area contributed by atoms with E-state index in [0.29, 0.717) is 39.9 Å². The van der Waals surface area contributed by atoms with E-state index in [1.165, 1.54) is 6.21 Å². The van der Waals surface area contributed by atoms with Gasteiger partial charge in [0.2, 0.25) is 0 Å². The molecule has 3 N–H and O–H groups in total. The van der Waals surface area contributed by atoms with Gasteiger partial charge in [0, 0.05) is 5.69 Å². The maximum absolute atomic E-state index is 12.1. The number of terminal acetylenes is 1. The standard InChI is InChI=1S/C19H18ClN3O3/c1-3-9-26-18-15(20)10-13(11-17(18)25-4-2)12-22-23-19(24)14-7-5-6-8-16(14)21/h1,5-8,10-12H,4,9,21H2,2H3,(H,23,24)/b22-12-. The van der Waals surface area contributed by atoms with Crippen molar-refractivity contribution >= 4 is 29.4 Å². The van der Waals surface area contributed by atoms with Crippen molar-refractivity contribution in [1.29, 1.82) is 0 Å². The summed E-state index contributed by atoms with van der Waals surface area (Å²) in [5, 5.41) is 4.25.